The number of benzene rings is 2. The van der Waals surface area contributed by atoms with E-state index in [9.17, 15) is 4.79 Å². The number of aryl methyl sites for hydroxylation is 1. The van der Waals surface area contributed by atoms with E-state index >= 15 is 0 Å². The Hall–Kier alpha value is -3.41. The Morgan fingerprint density at radius 2 is 1.93 bits per heavy atom. The molecule has 3 aromatic rings. The van der Waals surface area contributed by atoms with Crippen molar-refractivity contribution in [3.63, 3.8) is 0 Å². The zero-order valence-electron chi connectivity index (χ0n) is 17.6. The molecule has 6 nitrogen and oxygen atoms in total. The minimum Gasteiger partial charge on any atom is -0.493 e. The monoisotopic (exact) mass is 405 g/mol. The van der Waals surface area contributed by atoms with Gasteiger partial charge in [-0.25, -0.2) is 5.43 Å². The van der Waals surface area contributed by atoms with Gasteiger partial charge in [-0.1, -0.05) is 38.5 Å². The van der Waals surface area contributed by atoms with E-state index in [1.54, 1.807) is 13.3 Å². The molecule has 0 bridgehead atoms. The van der Waals surface area contributed by atoms with Gasteiger partial charge in [-0.3, -0.25) is 9.78 Å². The van der Waals surface area contributed by atoms with Gasteiger partial charge in [-0.15, -0.1) is 0 Å². The van der Waals surface area contributed by atoms with E-state index in [-0.39, 0.29) is 5.91 Å². The summed E-state index contributed by atoms with van der Waals surface area (Å²) in [5, 5.41) is 4.94. The van der Waals surface area contributed by atoms with E-state index in [4.69, 9.17) is 9.47 Å². The van der Waals surface area contributed by atoms with Crippen LogP contribution in [-0.4, -0.2) is 30.8 Å². The molecule has 1 heterocycles. The van der Waals surface area contributed by atoms with Crippen molar-refractivity contribution in [1.82, 2.24) is 10.4 Å². The molecule has 0 atom stereocenters. The molecule has 1 amide bonds. The van der Waals surface area contributed by atoms with E-state index in [0.29, 0.717) is 23.7 Å². The molecule has 2 aromatic carbocycles. The molecule has 0 fully saturated rings. The summed E-state index contributed by atoms with van der Waals surface area (Å²) in [5.74, 6) is 1.05. The number of rotatable bonds is 9. The molecule has 1 N–H and O–H groups in total. The third-order valence-corrected chi connectivity index (χ3v) is 4.55. The van der Waals surface area contributed by atoms with Crippen molar-refractivity contribution >= 4 is 23.0 Å². The average molecular weight is 405 g/mol. The Bertz CT molecular complexity index is 1050. The third kappa shape index (κ3) is 5.14. The standard InChI is InChI=1S/C24H27N3O3/c1-4-8-18-15-20(19-9-6-7-10-21(19)26-18)24(28)27-25-16-17-11-12-22(30-13-5-2)23(14-17)29-3/h6-7,9-12,14-16H,4-5,8,13H2,1-3H3,(H,27,28)/b25-16+. The molecule has 6 heteroatoms. The second kappa shape index (κ2) is 10.4. The summed E-state index contributed by atoms with van der Waals surface area (Å²) in [6.07, 6.45) is 4.29. The van der Waals surface area contributed by atoms with Crippen LogP contribution in [0.2, 0.25) is 0 Å². The average Bonchev–Trinajstić information content (AvgIpc) is 2.77. The van der Waals surface area contributed by atoms with Crippen molar-refractivity contribution in [2.24, 2.45) is 5.10 Å². The molecule has 0 radical (unpaired) electrons. The molecule has 3 rings (SSSR count). The number of ether oxygens (including phenoxy) is 2. The van der Waals surface area contributed by atoms with Crippen molar-refractivity contribution < 1.29 is 14.3 Å². The number of nitrogens with zero attached hydrogens (tertiary/aromatic N) is 2. The topological polar surface area (TPSA) is 72.8 Å². The Kier molecular flexibility index (Phi) is 7.38. The van der Waals surface area contributed by atoms with Crippen LogP contribution in [0.4, 0.5) is 0 Å². The van der Waals surface area contributed by atoms with Crippen molar-refractivity contribution in [3.8, 4) is 11.5 Å². The number of pyridine rings is 1. The first-order chi connectivity index (χ1) is 14.7. The number of aromatic nitrogens is 1. The fourth-order valence-electron chi connectivity index (χ4n) is 3.12. The number of carbonyl (C=O) groups is 1. The molecule has 0 saturated carbocycles. The lowest BCUT2D eigenvalue weighted by atomic mass is 10.1. The number of amides is 1. The summed E-state index contributed by atoms with van der Waals surface area (Å²) in [7, 11) is 1.60. The summed E-state index contributed by atoms with van der Waals surface area (Å²) < 4.78 is 11.0. The predicted octanol–water partition coefficient (Wildman–Crippen LogP) is 4.75. The summed E-state index contributed by atoms with van der Waals surface area (Å²) in [5.41, 5.74) is 5.70. The van der Waals surface area contributed by atoms with Crippen LogP contribution in [0.25, 0.3) is 10.9 Å². The minimum atomic E-state index is -0.267. The Labute approximate surface area is 176 Å². The maximum atomic E-state index is 12.8. The number of carbonyl (C=O) groups excluding carboxylic acids is 1. The van der Waals surface area contributed by atoms with Crippen LogP contribution in [0.3, 0.4) is 0 Å². The van der Waals surface area contributed by atoms with E-state index < -0.39 is 0 Å². The van der Waals surface area contributed by atoms with Crippen LogP contribution >= 0.6 is 0 Å². The highest BCUT2D eigenvalue weighted by atomic mass is 16.5. The second-order valence-corrected chi connectivity index (χ2v) is 6.89. The predicted molar refractivity (Wildman–Crippen MR) is 120 cm³/mol. The van der Waals surface area contributed by atoms with Gasteiger partial charge in [-0.05, 0) is 48.7 Å². The lowest BCUT2D eigenvalue weighted by molar-refractivity contribution is 0.0956. The van der Waals surface area contributed by atoms with Gasteiger partial charge in [0.05, 0.1) is 31.0 Å². The first-order valence-corrected chi connectivity index (χ1v) is 10.2. The van der Waals surface area contributed by atoms with Crippen LogP contribution in [0.1, 0.15) is 48.3 Å². The molecule has 0 saturated heterocycles. The van der Waals surface area contributed by atoms with E-state index in [0.717, 1.165) is 41.4 Å². The Morgan fingerprint density at radius 1 is 1.10 bits per heavy atom. The summed E-state index contributed by atoms with van der Waals surface area (Å²) in [6.45, 7) is 4.76. The highest BCUT2D eigenvalue weighted by molar-refractivity contribution is 6.06. The smallest absolute Gasteiger partial charge is 0.272 e. The minimum absolute atomic E-state index is 0.267. The van der Waals surface area contributed by atoms with Crippen molar-refractivity contribution in [3.05, 3.63) is 65.4 Å². The van der Waals surface area contributed by atoms with Crippen LogP contribution in [0.5, 0.6) is 11.5 Å². The largest absolute Gasteiger partial charge is 0.493 e. The maximum Gasteiger partial charge on any atom is 0.272 e. The number of hydrogen-bond acceptors (Lipinski definition) is 5. The maximum absolute atomic E-state index is 12.8. The highest BCUT2D eigenvalue weighted by Gasteiger charge is 2.12. The van der Waals surface area contributed by atoms with Crippen LogP contribution < -0.4 is 14.9 Å². The van der Waals surface area contributed by atoms with Crippen LogP contribution in [0.15, 0.2) is 53.6 Å². The Morgan fingerprint density at radius 3 is 2.70 bits per heavy atom. The number of hydrazone groups is 1. The number of hydrogen-bond donors (Lipinski definition) is 1. The van der Waals surface area contributed by atoms with Crippen LogP contribution in [-0.2, 0) is 6.42 Å². The zero-order valence-corrected chi connectivity index (χ0v) is 17.6. The van der Waals surface area contributed by atoms with Gasteiger partial charge in [0.2, 0.25) is 0 Å². The Balaban J connectivity index is 1.78. The van der Waals surface area contributed by atoms with Gasteiger partial charge in [0.15, 0.2) is 11.5 Å². The first-order valence-electron chi connectivity index (χ1n) is 10.2. The fraction of sp³-hybridized carbons (Fsp3) is 0.292. The lowest BCUT2D eigenvalue weighted by Gasteiger charge is -2.10. The second-order valence-electron chi connectivity index (χ2n) is 6.89. The molecule has 0 aliphatic carbocycles. The van der Waals surface area contributed by atoms with E-state index in [1.165, 1.54) is 0 Å². The summed E-state index contributed by atoms with van der Waals surface area (Å²) in [4.78, 5) is 17.4. The van der Waals surface area contributed by atoms with Gasteiger partial charge < -0.3 is 9.47 Å². The quantitative estimate of drug-likeness (QED) is 0.412. The van der Waals surface area contributed by atoms with E-state index in [1.807, 2.05) is 55.5 Å². The molecular formula is C24H27N3O3. The molecular weight excluding hydrogens is 378 g/mol. The normalized spacial score (nSPS) is 11.0. The molecule has 0 unspecified atom stereocenters. The molecule has 30 heavy (non-hydrogen) atoms. The SMILES string of the molecule is CCCOc1ccc(/C=N/NC(=O)c2cc(CCC)nc3ccccc23)cc1OC. The molecule has 0 aliphatic heterocycles. The molecule has 0 aliphatic rings. The lowest BCUT2D eigenvalue weighted by Crippen LogP contribution is -2.18. The van der Waals surface area contributed by atoms with Gasteiger partial charge >= 0.3 is 0 Å². The van der Waals surface area contributed by atoms with Gasteiger partial charge in [0.25, 0.3) is 5.91 Å². The molecule has 156 valence electrons. The van der Waals surface area contributed by atoms with Crippen molar-refractivity contribution in [1.29, 1.82) is 0 Å². The molecule has 0 spiro atoms. The number of methoxy groups -OCH3 is 1. The fourth-order valence-corrected chi connectivity index (χ4v) is 3.12. The van der Waals surface area contributed by atoms with Crippen molar-refractivity contribution in [2.45, 2.75) is 33.1 Å². The zero-order chi connectivity index (χ0) is 21.3. The summed E-state index contributed by atoms with van der Waals surface area (Å²) in [6, 6.07) is 15.0. The first kappa shape index (κ1) is 21.3. The van der Waals surface area contributed by atoms with E-state index in [2.05, 4.69) is 22.4 Å². The van der Waals surface area contributed by atoms with Crippen LogP contribution in [0, 0.1) is 0 Å². The number of para-hydroxylation sites is 1. The third-order valence-electron chi connectivity index (χ3n) is 4.55. The van der Waals surface area contributed by atoms with Crippen molar-refractivity contribution in [2.75, 3.05) is 13.7 Å². The molecule has 1 aromatic heterocycles. The van der Waals surface area contributed by atoms with Gasteiger partial charge in [0.1, 0.15) is 0 Å². The summed E-state index contributed by atoms with van der Waals surface area (Å²) >= 11 is 0. The number of fused-ring (bicyclic) bond motifs is 1. The number of nitrogens with one attached hydrogen (secondary N) is 1. The highest BCUT2D eigenvalue weighted by Crippen LogP contribution is 2.27. The van der Waals surface area contributed by atoms with Gasteiger partial charge in [0, 0.05) is 11.1 Å². The van der Waals surface area contributed by atoms with Gasteiger partial charge in [-0.2, -0.15) is 5.10 Å².